The number of ether oxygens (including phenoxy) is 2. The number of aryl methyl sites for hydroxylation is 1. The number of hydrogen-bond acceptors (Lipinski definition) is 5. The molecular formula is C26H36O5. The van der Waals surface area contributed by atoms with E-state index in [1.54, 1.807) is 0 Å². The maximum Gasteiger partial charge on any atom is 0.336 e. The third kappa shape index (κ3) is 4.41. The first-order chi connectivity index (χ1) is 14.7. The normalized spacial score (nSPS) is 20.2. The average molecular weight is 429 g/mol. The predicted molar refractivity (Wildman–Crippen MR) is 127 cm³/mol. The Hall–Kier alpha value is -2.56. The van der Waals surface area contributed by atoms with Crippen LogP contribution in [0.25, 0.3) is 17.0 Å². The van der Waals surface area contributed by atoms with Gasteiger partial charge in [0, 0.05) is 6.07 Å². The summed E-state index contributed by atoms with van der Waals surface area (Å²) in [6.07, 6.45) is 5.20. The third-order valence-corrected chi connectivity index (χ3v) is 5.42. The van der Waals surface area contributed by atoms with Gasteiger partial charge in [-0.1, -0.05) is 48.0 Å². The molecule has 0 amide bonds. The SMILES string of the molecule is CC.CC.CCCc1cc(=O)oc2c3c(c4c(c12)OC(C)(C)C=C4)OC(C)C(C)C3=O. The highest BCUT2D eigenvalue weighted by molar-refractivity contribution is 6.14. The molecule has 2 unspecified atom stereocenters. The van der Waals surface area contributed by atoms with Crippen molar-refractivity contribution in [3.05, 3.63) is 39.3 Å². The topological polar surface area (TPSA) is 65.7 Å². The van der Waals surface area contributed by atoms with Crippen LogP contribution in [0.3, 0.4) is 0 Å². The summed E-state index contributed by atoms with van der Waals surface area (Å²) >= 11 is 0. The Morgan fingerprint density at radius 3 is 2.29 bits per heavy atom. The molecule has 0 saturated heterocycles. The van der Waals surface area contributed by atoms with Gasteiger partial charge in [0.25, 0.3) is 0 Å². The van der Waals surface area contributed by atoms with Crippen LogP contribution in [0.15, 0.2) is 21.4 Å². The number of carbonyl (C=O) groups excluding carboxylic acids is 1. The molecule has 1 aromatic heterocycles. The Balaban J connectivity index is 0.000000807. The van der Waals surface area contributed by atoms with Crippen molar-refractivity contribution in [2.24, 2.45) is 5.92 Å². The summed E-state index contributed by atoms with van der Waals surface area (Å²) in [5.74, 6) is 0.699. The van der Waals surface area contributed by atoms with Crippen molar-refractivity contribution in [1.29, 1.82) is 0 Å². The molecule has 5 nitrogen and oxygen atoms in total. The molecule has 0 aliphatic carbocycles. The number of carbonyl (C=O) groups is 1. The maximum absolute atomic E-state index is 13.1. The second-order valence-corrected chi connectivity index (χ2v) is 8.01. The van der Waals surface area contributed by atoms with E-state index in [1.807, 2.05) is 74.5 Å². The van der Waals surface area contributed by atoms with Gasteiger partial charge >= 0.3 is 5.63 Å². The van der Waals surface area contributed by atoms with Crippen LogP contribution in [0.5, 0.6) is 11.5 Å². The highest BCUT2D eigenvalue weighted by Gasteiger charge is 2.39. The van der Waals surface area contributed by atoms with Crippen molar-refractivity contribution in [3.8, 4) is 11.5 Å². The Labute approximate surface area is 185 Å². The van der Waals surface area contributed by atoms with E-state index in [9.17, 15) is 9.59 Å². The average Bonchev–Trinajstić information content (AvgIpc) is 2.74. The molecule has 2 atom stereocenters. The fourth-order valence-electron chi connectivity index (χ4n) is 3.82. The van der Waals surface area contributed by atoms with E-state index < -0.39 is 11.2 Å². The zero-order valence-electron chi connectivity index (χ0n) is 20.3. The fourth-order valence-corrected chi connectivity index (χ4v) is 3.82. The van der Waals surface area contributed by atoms with Crippen molar-refractivity contribution in [3.63, 3.8) is 0 Å². The first kappa shape index (κ1) is 24.7. The van der Waals surface area contributed by atoms with E-state index in [0.717, 1.165) is 17.5 Å². The lowest BCUT2D eigenvalue weighted by molar-refractivity contribution is 0.0728. The largest absolute Gasteiger partial charge is 0.488 e. The molecule has 3 heterocycles. The van der Waals surface area contributed by atoms with Gasteiger partial charge in [0.05, 0.1) is 16.9 Å². The third-order valence-electron chi connectivity index (χ3n) is 5.42. The predicted octanol–water partition coefficient (Wildman–Crippen LogP) is 6.58. The van der Waals surface area contributed by atoms with E-state index >= 15 is 0 Å². The van der Waals surface area contributed by atoms with Crippen LogP contribution in [-0.2, 0) is 6.42 Å². The van der Waals surface area contributed by atoms with Crippen LogP contribution >= 0.6 is 0 Å². The minimum atomic E-state index is -0.509. The van der Waals surface area contributed by atoms with Gasteiger partial charge in [-0.2, -0.15) is 0 Å². The molecule has 0 fully saturated rings. The molecule has 5 heteroatoms. The molecular weight excluding hydrogens is 392 g/mol. The summed E-state index contributed by atoms with van der Waals surface area (Å²) in [6.45, 7) is 17.7. The number of Topliss-reactive ketones (excluding diaryl/α,β-unsaturated/α-hetero) is 1. The highest BCUT2D eigenvalue weighted by Crippen LogP contribution is 2.49. The van der Waals surface area contributed by atoms with Crippen molar-refractivity contribution in [2.45, 2.75) is 86.9 Å². The second-order valence-electron chi connectivity index (χ2n) is 8.01. The molecule has 2 aliphatic rings. The van der Waals surface area contributed by atoms with Gasteiger partial charge in [0.2, 0.25) is 0 Å². The van der Waals surface area contributed by atoms with Crippen LogP contribution in [-0.4, -0.2) is 17.5 Å². The van der Waals surface area contributed by atoms with Gasteiger partial charge in [0.1, 0.15) is 28.8 Å². The lowest BCUT2D eigenvalue weighted by Gasteiger charge is -2.34. The standard InChI is InChI=1S/C22H24O5.2C2H6/c1-6-7-13-10-15(23)26-21-16(13)20-14(8-9-22(4,5)27-20)19-17(21)18(24)11(2)12(3)25-19;2*1-2/h8-12H,6-7H2,1-5H3;2*1-2H3. The number of fused-ring (bicyclic) bond motifs is 6. The quantitative estimate of drug-likeness (QED) is 0.505. The number of hydrogen-bond donors (Lipinski definition) is 0. The van der Waals surface area contributed by atoms with E-state index in [0.29, 0.717) is 28.9 Å². The molecule has 0 saturated carbocycles. The smallest absolute Gasteiger partial charge is 0.336 e. The van der Waals surface area contributed by atoms with Gasteiger partial charge < -0.3 is 13.9 Å². The van der Waals surface area contributed by atoms with Crippen LogP contribution in [0.4, 0.5) is 0 Å². The summed E-state index contributed by atoms with van der Waals surface area (Å²) in [5.41, 5.74) is 1.26. The van der Waals surface area contributed by atoms with Gasteiger partial charge in [-0.15, -0.1) is 0 Å². The van der Waals surface area contributed by atoms with Gasteiger partial charge in [0.15, 0.2) is 11.4 Å². The van der Waals surface area contributed by atoms with Crippen LogP contribution in [0.2, 0.25) is 0 Å². The lowest BCUT2D eigenvalue weighted by Crippen LogP contribution is -2.35. The van der Waals surface area contributed by atoms with Crippen LogP contribution in [0, 0.1) is 5.92 Å². The van der Waals surface area contributed by atoms with Crippen molar-refractivity contribution in [1.82, 2.24) is 0 Å². The molecule has 0 radical (unpaired) electrons. The van der Waals surface area contributed by atoms with Crippen molar-refractivity contribution >= 4 is 22.8 Å². The van der Waals surface area contributed by atoms with E-state index in [-0.39, 0.29) is 23.4 Å². The zero-order valence-corrected chi connectivity index (χ0v) is 20.3. The van der Waals surface area contributed by atoms with Crippen LogP contribution in [0.1, 0.15) is 90.2 Å². The Kier molecular flexibility index (Phi) is 7.74. The Morgan fingerprint density at radius 1 is 1.03 bits per heavy atom. The second kappa shape index (κ2) is 9.71. The maximum atomic E-state index is 13.1. The van der Waals surface area contributed by atoms with Gasteiger partial charge in [-0.3, -0.25) is 4.79 Å². The minimum absolute atomic E-state index is 0.0633. The van der Waals surface area contributed by atoms with Crippen molar-refractivity contribution < 1.29 is 18.7 Å². The number of rotatable bonds is 2. The van der Waals surface area contributed by atoms with E-state index in [2.05, 4.69) is 0 Å². The van der Waals surface area contributed by atoms with E-state index in [1.165, 1.54) is 6.07 Å². The monoisotopic (exact) mass is 428 g/mol. The summed E-state index contributed by atoms with van der Waals surface area (Å²) in [7, 11) is 0. The van der Waals surface area contributed by atoms with Crippen LogP contribution < -0.4 is 15.1 Å². The number of benzene rings is 1. The summed E-state index contributed by atoms with van der Waals surface area (Å²) < 4.78 is 18.0. The van der Waals surface area contributed by atoms with Crippen molar-refractivity contribution in [2.75, 3.05) is 0 Å². The lowest BCUT2D eigenvalue weighted by atomic mass is 9.86. The Morgan fingerprint density at radius 2 is 1.68 bits per heavy atom. The van der Waals surface area contributed by atoms with Gasteiger partial charge in [-0.05, 0) is 44.9 Å². The fraction of sp³-hybridized carbons (Fsp3) is 0.538. The minimum Gasteiger partial charge on any atom is -0.488 e. The molecule has 0 N–H and O–H groups in total. The summed E-state index contributed by atoms with van der Waals surface area (Å²) in [4.78, 5) is 25.4. The zero-order chi connectivity index (χ0) is 23.5. The molecule has 0 spiro atoms. The molecule has 1 aromatic carbocycles. The number of ketones is 1. The van der Waals surface area contributed by atoms with Gasteiger partial charge in [-0.25, -0.2) is 4.79 Å². The molecule has 0 bridgehead atoms. The Bertz CT molecular complexity index is 1040. The summed E-state index contributed by atoms with van der Waals surface area (Å²) in [5, 5.41) is 0.710. The first-order valence-electron chi connectivity index (χ1n) is 11.5. The molecule has 31 heavy (non-hydrogen) atoms. The molecule has 2 aromatic rings. The molecule has 2 aliphatic heterocycles. The molecule has 4 rings (SSSR count). The van der Waals surface area contributed by atoms with E-state index in [4.69, 9.17) is 13.9 Å². The molecule has 170 valence electrons. The summed E-state index contributed by atoms with van der Waals surface area (Å²) in [6, 6.07) is 1.51. The highest BCUT2D eigenvalue weighted by atomic mass is 16.5. The first-order valence-corrected chi connectivity index (χ1v) is 11.5.